The Morgan fingerprint density at radius 2 is 2.24 bits per heavy atom. The third-order valence-corrected chi connectivity index (χ3v) is 2.16. The van der Waals surface area contributed by atoms with E-state index in [0.717, 1.165) is 5.56 Å². The summed E-state index contributed by atoms with van der Waals surface area (Å²) in [7, 11) is 1.49. The van der Waals surface area contributed by atoms with Crippen molar-refractivity contribution in [1.82, 2.24) is 0 Å². The molecule has 92 valence electrons. The summed E-state index contributed by atoms with van der Waals surface area (Å²) in [5.41, 5.74) is 0.954. The van der Waals surface area contributed by atoms with Crippen LogP contribution >= 0.6 is 0 Å². The zero-order chi connectivity index (χ0) is 12.8. The zero-order valence-electron chi connectivity index (χ0n) is 9.73. The lowest BCUT2D eigenvalue weighted by molar-refractivity contribution is -0.383. The molecule has 0 aliphatic heterocycles. The first kappa shape index (κ1) is 13.1. The van der Waals surface area contributed by atoms with E-state index in [9.17, 15) is 14.9 Å². The number of anilines is 1. The number of carbonyl (C=O) groups excluding carboxylic acids is 1. The third-order valence-electron chi connectivity index (χ3n) is 2.16. The van der Waals surface area contributed by atoms with Crippen molar-refractivity contribution in [2.75, 3.05) is 19.0 Å². The molecular formula is C11H14N2O4. The first-order chi connectivity index (χ1) is 8.04. The van der Waals surface area contributed by atoms with E-state index in [0.29, 0.717) is 0 Å². The van der Waals surface area contributed by atoms with E-state index in [2.05, 4.69) is 5.32 Å². The molecule has 6 nitrogen and oxygen atoms in total. The number of benzene rings is 1. The molecule has 0 heterocycles. The van der Waals surface area contributed by atoms with E-state index >= 15 is 0 Å². The molecule has 0 fully saturated rings. The minimum atomic E-state index is -0.522. The molecule has 17 heavy (non-hydrogen) atoms. The molecule has 0 atom stereocenters. The maximum Gasteiger partial charge on any atom is 0.292 e. The van der Waals surface area contributed by atoms with E-state index in [-0.39, 0.29) is 30.3 Å². The Morgan fingerprint density at radius 3 is 2.82 bits per heavy atom. The second kappa shape index (κ2) is 5.95. The van der Waals surface area contributed by atoms with E-state index < -0.39 is 4.92 Å². The minimum absolute atomic E-state index is 0.110. The van der Waals surface area contributed by atoms with Gasteiger partial charge in [-0.25, -0.2) is 0 Å². The Labute approximate surface area is 98.7 Å². The van der Waals surface area contributed by atoms with Gasteiger partial charge in [-0.1, -0.05) is 6.07 Å². The van der Waals surface area contributed by atoms with Crippen molar-refractivity contribution in [2.24, 2.45) is 0 Å². The molecule has 0 saturated heterocycles. The summed E-state index contributed by atoms with van der Waals surface area (Å²) in [6.07, 6.45) is 0.168. The van der Waals surface area contributed by atoms with E-state index in [4.69, 9.17) is 4.74 Å². The number of amides is 1. The number of carbonyl (C=O) groups is 1. The van der Waals surface area contributed by atoms with Gasteiger partial charge in [0.2, 0.25) is 5.91 Å². The van der Waals surface area contributed by atoms with Crippen molar-refractivity contribution in [3.8, 4) is 0 Å². The van der Waals surface area contributed by atoms with Crippen molar-refractivity contribution < 1.29 is 14.5 Å². The van der Waals surface area contributed by atoms with Crippen LogP contribution in [0.15, 0.2) is 18.2 Å². The van der Waals surface area contributed by atoms with Crippen LogP contribution in [-0.4, -0.2) is 24.5 Å². The average molecular weight is 238 g/mol. The summed E-state index contributed by atoms with van der Waals surface area (Å²) in [5.74, 6) is -0.305. The molecule has 1 aromatic rings. The van der Waals surface area contributed by atoms with Crippen LogP contribution in [0.5, 0.6) is 0 Å². The summed E-state index contributed by atoms with van der Waals surface area (Å²) in [5, 5.41) is 13.3. The number of nitro groups is 1. The fourth-order valence-electron chi connectivity index (χ4n) is 1.32. The Balaban J connectivity index is 2.85. The number of ether oxygens (including phenoxy) is 1. The highest BCUT2D eigenvalue weighted by atomic mass is 16.6. The number of nitrogens with one attached hydrogen (secondary N) is 1. The summed E-state index contributed by atoms with van der Waals surface area (Å²) < 4.78 is 4.76. The maximum atomic E-state index is 11.4. The van der Waals surface area contributed by atoms with Crippen LogP contribution < -0.4 is 5.32 Å². The molecule has 0 radical (unpaired) electrons. The summed E-state index contributed by atoms with van der Waals surface area (Å²) in [6, 6.07) is 4.58. The second-order valence-corrected chi connectivity index (χ2v) is 3.57. The molecule has 0 aromatic heterocycles. The van der Waals surface area contributed by atoms with Gasteiger partial charge in [0.05, 0.1) is 18.0 Å². The van der Waals surface area contributed by atoms with Crippen molar-refractivity contribution in [3.63, 3.8) is 0 Å². The van der Waals surface area contributed by atoms with Crippen molar-refractivity contribution in [1.29, 1.82) is 0 Å². The highest BCUT2D eigenvalue weighted by Crippen LogP contribution is 2.25. The Morgan fingerprint density at radius 1 is 1.53 bits per heavy atom. The summed E-state index contributed by atoms with van der Waals surface area (Å²) in [4.78, 5) is 21.7. The number of nitro benzene ring substituents is 1. The summed E-state index contributed by atoms with van der Waals surface area (Å²) in [6.45, 7) is 2.08. The number of methoxy groups -OCH3 is 1. The highest BCUT2D eigenvalue weighted by molar-refractivity contribution is 5.93. The number of rotatable bonds is 5. The topological polar surface area (TPSA) is 81.5 Å². The van der Waals surface area contributed by atoms with Crippen molar-refractivity contribution >= 4 is 17.3 Å². The second-order valence-electron chi connectivity index (χ2n) is 3.57. The van der Waals surface area contributed by atoms with Gasteiger partial charge in [0.15, 0.2) is 0 Å². The van der Waals surface area contributed by atoms with Gasteiger partial charge < -0.3 is 10.1 Å². The lowest BCUT2D eigenvalue weighted by Gasteiger charge is -2.06. The van der Waals surface area contributed by atoms with Gasteiger partial charge in [0, 0.05) is 13.2 Å². The van der Waals surface area contributed by atoms with Crippen LogP contribution in [0.3, 0.4) is 0 Å². The van der Waals surface area contributed by atoms with Crippen LogP contribution in [0, 0.1) is 17.0 Å². The van der Waals surface area contributed by atoms with Crippen LogP contribution in [0.25, 0.3) is 0 Å². The molecule has 1 N–H and O–H groups in total. The number of hydrogen-bond acceptors (Lipinski definition) is 4. The number of aryl methyl sites for hydroxylation is 1. The Bertz CT molecular complexity index is 431. The first-order valence-corrected chi connectivity index (χ1v) is 5.08. The smallest absolute Gasteiger partial charge is 0.292 e. The molecule has 1 rings (SSSR count). The van der Waals surface area contributed by atoms with Crippen LogP contribution in [0.2, 0.25) is 0 Å². The fraction of sp³-hybridized carbons (Fsp3) is 0.364. The van der Waals surface area contributed by atoms with Gasteiger partial charge in [0.1, 0.15) is 5.69 Å². The van der Waals surface area contributed by atoms with Gasteiger partial charge >= 0.3 is 0 Å². The van der Waals surface area contributed by atoms with Crippen molar-refractivity contribution in [2.45, 2.75) is 13.3 Å². The molecule has 0 bridgehead atoms. The molecule has 0 saturated carbocycles. The highest BCUT2D eigenvalue weighted by Gasteiger charge is 2.15. The van der Waals surface area contributed by atoms with Crippen LogP contribution in [0.1, 0.15) is 12.0 Å². The minimum Gasteiger partial charge on any atom is -0.384 e. The predicted molar refractivity (Wildman–Crippen MR) is 63.0 cm³/mol. The van der Waals surface area contributed by atoms with Gasteiger partial charge in [-0.2, -0.15) is 0 Å². The third kappa shape index (κ3) is 3.84. The number of hydrogen-bond donors (Lipinski definition) is 1. The van der Waals surface area contributed by atoms with E-state index in [1.54, 1.807) is 19.1 Å². The van der Waals surface area contributed by atoms with Gasteiger partial charge in [0.25, 0.3) is 5.69 Å². The van der Waals surface area contributed by atoms with Gasteiger partial charge in [-0.3, -0.25) is 14.9 Å². The summed E-state index contributed by atoms with van der Waals surface area (Å²) >= 11 is 0. The van der Waals surface area contributed by atoms with E-state index in [1.165, 1.54) is 13.2 Å². The molecule has 0 aliphatic carbocycles. The molecule has 1 amide bonds. The monoisotopic (exact) mass is 238 g/mol. The molecule has 6 heteroatoms. The zero-order valence-corrected chi connectivity index (χ0v) is 9.73. The lowest BCUT2D eigenvalue weighted by Crippen LogP contribution is -2.14. The van der Waals surface area contributed by atoms with E-state index in [1.807, 2.05) is 0 Å². The molecule has 1 aromatic carbocycles. The normalized spacial score (nSPS) is 10.0. The molecule has 0 aliphatic rings. The molecular weight excluding hydrogens is 224 g/mol. The molecule has 0 spiro atoms. The SMILES string of the molecule is COCCC(=O)Nc1cc(C)ccc1[N+](=O)[O-]. The largest absolute Gasteiger partial charge is 0.384 e. The number of nitrogens with zero attached hydrogens (tertiary/aromatic N) is 1. The maximum absolute atomic E-state index is 11.4. The van der Waals surface area contributed by atoms with Crippen molar-refractivity contribution in [3.05, 3.63) is 33.9 Å². The van der Waals surface area contributed by atoms with Crippen LogP contribution in [-0.2, 0) is 9.53 Å². The quantitative estimate of drug-likeness (QED) is 0.627. The Hall–Kier alpha value is -1.95. The standard InChI is InChI=1S/C11H14N2O4/c1-8-3-4-10(13(15)16)9(7-8)12-11(14)5-6-17-2/h3-4,7H,5-6H2,1-2H3,(H,12,14). The average Bonchev–Trinajstić information content (AvgIpc) is 2.26. The lowest BCUT2D eigenvalue weighted by atomic mass is 10.2. The predicted octanol–water partition coefficient (Wildman–Crippen LogP) is 1.88. The molecule has 0 unspecified atom stereocenters. The van der Waals surface area contributed by atoms with Gasteiger partial charge in [-0.05, 0) is 18.6 Å². The first-order valence-electron chi connectivity index (χ1n) is 5.08. The van der Waals surface area contributed by atoms with Gasteiger partial charge in [-0.15, -0.1) is 0 Å². The fourth-order valence-corrected chi connectivity index (χ4v) is 1.32. The Kier molecular flexibility index (Phi) is 4.59. The van der Waals surface area contributed by atoms with Crippen LogP contribution in [0.4, 0.5) is 11.4 Å².